The molecule has 0 saturated heterocycles. The first-order valence-corrected chi connectivity index (χ1v) is 7.43. The predicted octanol–water partition coefficient (Wildman–Crippen LogP) is 4.16. The molecule has 0 spiro atoms. The molecule has 2 N–H and O–H groups in total. The summed E-state index contributed by atoms with van der Waals surface area (Å²) < 4.78 is 5.61. The molecule has 0 aliphatic heterocycles. The van der Waals surface area contributed by atoms with Crippen molar-refractivity contribution in [3.63, 3.8) is 0 Å². The summed E-state index contributed by atoms with van der Waals surface area (Å²) in [5.74, 6) is 0.769. The molecule has 2 aromatic carbocycles. The second-order valence-corrected chi connectivity index (χ2v) is 5.39. The number of amides is 2. The lowest BCUT2D eigenvalue weighted by molar-refractivity contribution is 0.247. The van der Waals surface area contributed by atoms with E-state index in [1.807, 2.05) is 50.2 Å². The molecule has 116 valence electrons. The van der Waals surface area contributed by atoms with Crippen molar-refractivity contribution in [3.05, 3.63) is 58.6 Å². The molecule has 2 aromatic rings. The Hall–Kier alpha value is -2.20. The second kappa shape index (κ2) is 7.71. The van der Waals surface area contributed by atoms with Crippen LogP contribution in [0.2, 0.25) is 5.02 Å². The first kappa shape index (κ1) is 16.2. The van der Waals surface area contributed by atoms with E-state index >= 15 is 0 Å². The van der Waals surface area contributed by atoms with Gasteiger partial charge in [-0.15, -0.1) is 0 Å². The van der Waals surface area contributed by atoms with E-state index in [9.17, 15) is 4.79 Å². The van der Waals surface area contributed by atoms with E-state index in [1.54, 1.807) is 6.07 Å². The average Bonchev–Trinajstić information content (AvgIpc) is 2.48. The first-order chi connectivity index (χ1) is 10.6. The van der Waals surface area contributed by atoms with Gasteiger partial charge in [-0.3, -0.25) is 0 Å². The van der Waals surface area contributed by atoms with E-state index in [0.717, 1.165) is 22.6 Å². The molecule has 22 heavy (non-hydrogen) atoms. The maximum Gasteiger partial charge on any atom is 0.319 e. The van der Waals surface area contributed by atoms with E-state index in [-0.39, 0.29) is 6.03 Å². The van der Waals surface area contributed by atoms with Gasteiger partial charge in [-0.2, -0.15) is 0 Å². The number of benzene rings is 2. The molecular weight excluding hydrogens is 300 g/mol. The van der Waals surface area contributed by atoms with Gasteiger partial charge in [0.1, 0.15) is 12.4 Å². The number of hydrogen-bond acceptors (Lipinski definition) is 2. The molecule has 0 aliphatic rings. The van der Waals surface area contributed by atoms with Crippen LogP contribution >= 0.6 is 11.6 Å². The monoisotopic (exact) mass is 318 g/mol. The number of carbonyl (C=O) groups excluding carboxylic acids is 1. The molecule has 0 radical (unpaired) electrons. The van der Waals surface area contributed by atoms with Crippen molar-refractivity contribution in [1.29, 1.82) is 0 Å². The number of rotatable bonds is 5. The van der Waals surface area contributed by atoms with Gasteiger partial charge in [0.2, 0.25) is 0 Å². The Kier molecular flexibility index (Phi) is 5.67. The number of nitrogens with one attached hydrogen (secondary N) is 2. The Bertz CT molecular complexity index is 659. The maximum atomic E-state index is 11.8. The third kappa shape index (κ3) is 4.67. The second-order valence-electron chi connectivity index (χ2n) is 4.95. The Morgan fingerprint density at radius 1 is 1.14 bits per heavy atom. The number of ether oxygens (including phenoxy) is 1. The number of urea groups is 1. The van der Waals surface area contributed by atoms with Crippen molar-refractivity contribution in [2.75, 3.05) is 18.5 Å². The van der Waals surface area contributed by atoms with Gasteiger partial charge in [-0.25, -0.2) is 4.79 Å². The van der Waals surface area contributed by atoms with Crippen LogP contribution in [-0.4, -0.2) is 19.2 Å². The van der Waals surface area contributed by atoms with Gasteiger partial charge in [0, 0.05) is 10.7 Å². The fourth-order valence-electron chi connectivity index (χ4n) is 1.98. The number of carbonyl (C=O) groups is 1. The van der Waals surface area contributed by atoms with Gasteiger partial charge >= 0.3 is 6.03 Å². The molecule has 0 heterocycles. The summed E-state index contributed by atoms with van der Waals surface area (Å²) in [6.45, 7) is 4.69. The largest absolute Gasteiger partial charge is 0.491 e. The number of hydrogen-bond donors (Lipinski definition) is 2. The molecule has 0 atom stereocenters. The summed E-state index contributed by atoms with van der Waals surface area (Å²) >= 11 is 5.89. The van der Waals surface area contributed by atoms with E-state index in [0.29, 0.717) is 18.2 Å². The molecule has 2 amide bonds. The van der Waals surface area contributed by atoms with Crippen molar-refractivity contribution in [2.45, 2.75) is 13.8 Å². The summed E-state index contributed by atoms with van der Waals surface area (Å²) in [7, 11) is 0. The SMILES string of the molecule is Cc1ccccc1NC(=O)NCCOc1ccc(Cl)cc1C. The van der Waals surface area contributed by atoms with Gasteiger partial charge in [0.15, 0.2) is 0 Å². The normalized spacial score (nSPS) is 10.1. The highest BCUT2D eigenvalue weighted by atomic mass is 35.5. The quantitative estimate of drug-likeness (QED) is 0.813. The zero-order valence-electron chi connectivity index (χ0n) is 12.7. The predicted molar refractivity (Wildman–Crippen MR) is 89.9 cm³/mol. The summed E-state index contributed by atoms with van der Waals surface area (Å²) in [6, 6.07) is 12.8. The molecular formula is C17H19ClN2O2. The van der Waals surface area contributed by atoms with Crippen LogP contribution in [0.1, 0.15) is 11.1 Å². The Labute approximate surface area is 135 Å². The fourth-order valence-corrected chi connectivity index (χ4v) is 2.21. The van der Waals surface area contributed by atoms with Crippen LogP contribution in [0.4, 0.5) is 10.5 Å². The average molecular weight is 319 g/mol. The van der Waals surface area contributed by atoms with Crippen molar-refractivity contribution < 1.29 is 9.53 Å². The Morgan fingerprint density at radius 3 is 2.64 bits per heavy atom. The van der Waals surface area contributed by atoms with Gasteiger partial charge in [-0.1, -0.05) is 29.8 Å². The minimum Gasteiger partial charge on any atom is -0.491 e. The third-order valence-electron chi connectivity index (χ3n) is 3.18. The summed E-state index contributed by atoms with van der Waals surface area (Å²) in [5.41, 5.74) is 2.79. The lowest BCUT2D eigenvalue weighted by Gasteiger charge is -2.11. The minimum atomic E-state index is -0.245. The molecule has 4 nitrogen and oxygen atoms in total. The smallest absolute Gasteiger partial charge is 0.319 e. The number of halogens is 1. The summed E-state index contributed by atoms with van der Waals surface area (Å²) in [6.07, 6.45) is 0. The number of para-hydroxylation sites is 1. The first-order valence-electron chi connectivity index (χ1n) is 7.05. The summed E-state index contributed by atoms with van der Waals surface area (Å²) in [4.78, 5) is 11.8. The van der Waals surface area contributed by atoms with E-state index in [2.05, 4.69) is 10.6 Å². The topological polar surface area (TPSA) is 50.4 Å². The van der Waals surface area contributed by atoms with Gasteiger partial charge in [-0.05, 0) is 49.2 Å². The molecule has 5 heteroatoms. The Balaban J connectivity index is 1.74. The van der Waals surface area contributed by atoms with Crippen LogP contribution in [0, 0.1) is 13.8 Å². The lowest BCUT2D eigenvalue weighted by Crippen LogP contribution is -2.32. The van der Waals surface area contributed by atoms with Gasteiger partial charge < -0.3 is 15.4 Å². The standard InChI is InChI=1S/C17H19ClN2O2/c1-12-5-3-4-6-15(12)20-17(21)19-9-10-22-16-8-7-14(18)11-13(16)2/h3-8,11H,9-10H2,1-2H3,(H2,19,20,21). The van der Waals surface area contributed by atoms with Gasteiger partial charge in [0.05, 0.1) is 6.54 Å². The van der Waals surface area contributed by atoms with Crippen molar-refractivity contribution in [2.24, 2.45) is 0 Å². The van der Waals surface area contributed by atoms with E-state index in [1.165, 1.54) is 0 Å². The molecule has 0 saturated carbocycles. The highest BCUT2D eigenvalue weighted by Gasteiger charge is 2.04. The van der Waals surface area contributed by atoms with Crippen molar-refractivity contribution in [1.82, 2.24) is 5.32 Å². The molecule has 0 aliphatic carbocycles. The van der Waals surface area contributed by atoms with Crippen LogP contribution in [0.15, 0.2) is 42.5 Å². The van der Waals surface area contributed by atoms with Crippen LogP contribution in [-0.2, 0) is 0 Å². The summed E-state index contributed by atoms with van der Waals surface area (Å²) in [5, 5.41) is 6.24. The van der Waals surface area contributed by atoms with E-state index < -0.39 is 0 Å². The maximum absolute atomic E-state index is 11.8. The highest BCUT2D eigenvalue weighted by Crippen LogP contribution is 2.21. The van der Waals surface area contributed by atoms with Crippen molar-refractivity contribution in [3.8, 4) is 5.75 Å². The van der Waals surface area contributed by atoms with Crippen LogP contribution in [0.3, 0.4) is 0 Å². The van der Waals surface area contributed by atoms with Crippen LogP contribution < -0.4 is 15.4 Å². The zero-order chi connectivity index (χ0) is 15.9. The van der Waals surface area contributed by atoms with Gasteiger partial charge in [0.25, 0.3) is 0 Å². The van der Waals surface area contributed by atoms with Crippen LogP contribution in [0.5, 0.6) is 5.75 Å². The number of aryl methyl sites for hydroxylation is 2. The Morgan fingerprint density at radius 2 is 1.91 bits per heavy atom. The highest BCUT2D eigenvalue weighted by molar-refractivity contribution is 6.30. The third-order valence-corrected chi connectivity index (χ3v) is 3.41. The molecule has 0 aromatic heterocycles. The van der Waals surface area contributed by atoms with Crippen molar-refractivity contribution >= 4 is 23.3 Å². The van der Waals surface area contributed by atoms with Crippen LogP contribution in [0.25, 0.3) is 0 Å². The molecule has 0 bridgehead atoms. The fraction of sp³-hybridized carbons (Fsp3) is 0.235. The molecule has 2 rings (SSSR count). The molecule has 0 fully saturated rings. The van der Waals surface area contributed by atoms with E-state index in [4.69, 9.17) is 16.3 Å². The lowest BCUT2D eigenvalue weighted by atomic mass is 10.2. The zero-order valence-corrected chi connectivity index (χ0v) is 13.4. The molecule has 0 unspecified atom stereocenters. The number of anilines is 1. The minimum absolute atomic E-state index is 0.245.